The highest BCUT2D eigenvalue weighted by molar-refractivity contribution is 5.79. The van der Waals surface area contributed by atoms with Crippen molar-refractivity contribution in [1.82, 2.24) is 24.5 Å². The standard InChI is InChI=1S/C16H25N5O/c1-7-20-13(4)15(12(3)18-20)10-19(6)16(22)14(5)21-9-8-11(2)17-21/h8-9,14H,7,10H2,1-6H3. The first kappa shape index (κ1) is 16.3. The van der Waals surface area contributed by atoms with Gasteiger partial charge in [-0.05, 0) is 40.7 Å². The first-order valence-electron chi connectivity index (χ1n) is 7.64. The summed E-state index contributed by atoms with van der Waals surface area (Å²) in [6.45, 7) is 11.3. The zero-order chi connectivity index (χ0) is 16.4. The Morgan fingerprint density at radius 2 is 2.00 bits per heavy atom. The molecule has 0 radical (unpaired) electrons. The second kappa shape index (κ2) is 6.34. The summed E-state index contributed by atoms with van der Waals surface area (Å²) in [5.74, 6) is 0.0474. The van der Waals surface area contributed by atoms with Gasteiger partial charge in [-0.3, -0.25) is 14.2 Å². The van der Waals surface area contributed by atoms with Crippen LogP contribution in [0.5, 0.6) is 0 Å². The first-order valence-corrected chi connectivity index (χ1v) is 7.64. The molecule has 0 saturated carbocycles. The summed E-state index contributed by atoms with van der Waals surface area (Å²) < 4.78 is 3.69. The second-order valence-corrected chi connectivity index (χ2v) is 5.77. The Bertz CT molecular complexity index is 670. The predicted molar refractivity (Wildman–Crippen MR) is 85.5 cm³/mol. The molecule has 1 atom stereocenters. The van der Waals surface area contributed by atoms with Crippen molar-refractivity contribution in [1.29, 1.82) is 0 Å². The van der Waals surface area contributed by atoms with E-state index in [2.05, 4.69) is 24.0 Å². The van der Waals surface area contributed by atoms with Crippen molar-refractivity contribution >= 4 is 5.91 Å². The lowest BCUT2D eigenvalue weighted by Crippen LogP contribution is -2.33. The predicted octanol–water partition coefficient (Wildman–Crippen LogP) is 2.24. The number of hydrogen-bond donors (Lipinski definition) is 0. The van der Waals surface area contributed by atoms with Gasteiger partial charge in [0.1, 0.15) is 6.04 Å². The van der Waals surface area contributed by atoms with Gasteiger partial charge in [-0.25, -0.2) is 0 Å². The number of amides is 1. The molecule has 2 aromatic rings. The van der Waals surface area contributed by atoms with Gasteiger partial charge in [0.25, 0.3) is 0 Å². The average molecular weight is 303 g/mol. The van der Waals surface area contributed by atoms with Gasteiger partial charge in [0, 0.05) is 37.6 Å². The van der Waals surface area contributed by atoms with Crippen LogP contribution in [0.4, 0.5) is 0 Å². The monoisotopic (exact) mass is 303 g/mol. The quantitative estimate of drug-likeness (QED) is 0.851. The van der Waals surface area contributed by atoms with E-state index in [0.29, 0.717) is 6.54 Å². The molecule has 2 heterocycles. The molecule has 2 rings (SSSR count). The van der Waals surface area contributed by atoms with Gasteiger partial charge in [-0.15, -0.1) is 0 Å². The van der Waals surface area contributed by atoms with E-state index >= 15 is 0 Å². The van der Waals surface area contributed by atoms with Crippen molar-refractivity contribution in [3.63, 3.8) is 0 Å². The molecule has 22 heavy (non-hydrogen) atoms. The molecular formula is C16H25N5O. The van der Waals surface area contributed by atoms with Crippen LogP contribution < -0.4 is 0 Å². The Hall–Kier alpha value is -2.11. The highest BCUT2D eigenvalue weighted by atomic mass is 16.2. The number of rotatable bonds is 5. The average Bonchev–Trinajstić information content (AvgIpc) is 3.03. The topological polar surface area (TPSA) is 56.0 Å². The molecule has 0 aliphatic rings. The molecule has 1 unspecified atom stereocenters. The van der Waals surface area contributed by atoms with E-state index in [4.69, 9.17) is 0 Å². The summed E-state index contributed by atoms with van der Waals surface area (Å²) in [6, 6.07) is 1.60. The van der Waals surface area contributed by atoms with Crippen LogP contribution in [0.3, 0.4) is 0 Å². The maximum Gasteiger partial charge on any atom is 0.247 e. The van der Waals surface area contributed by atoms with Gasteiger partial charge in [0.2, 0.25) is 5.91 Å². The molecule has 0 aliphatic heterocycles. The summed E-state index contributed by atoms with van der Waals surface area (Å²) in [4.78, 5) is 14.3. The number of nitrogens with zero attached hydrogens (tertiary/aromatic N) is 5. The molecule has 0 spiro atoms. The third-order valence-corrected chi connectivity index (χ3v) is 4.10. The highest BCUT2D eigenvalue weighted by Gasteiger charge is 2.22. The normalized spacial score (nSPS) is 12.5. The van der Waals surface area contributed by atoms with Crippen molar-refractivity contribution < 1.29 is 4.79 Å². The van der Waals surface area contributed by atoms with Crippen LogP contribution >= 0.6 is 0 Å². The molecule has 0 aromatic carbocycles. The second-order valence-electron chi connectivity index (χ2n) is 5.77. The Balaban J connectivity index is 2.13. The van der Waals surface area contributed by atoms with E-state index in [1.165, 1.54) is 0 Å². The van der Waals surface area contributed by atoms with Gasteiger partial charge in [-0.2, -0.15) is 10.2 Å². The Kier molecular flexibility index (Phi) is 4.68. The molecule has 0 N–H and O–H groups in total. The van der Waals surface area contributed by atoms with Crippen molar-refractivity contribution in [2.24, 2.45) is 0 Å². The fourth-order valence-corrected chi connectivity index (χ4v) is 2.67. The zero-order valence-corrected chi connectivity index (χ0v) is 14.3. The van der Waals surface area contributed by atoms with Crippen LogP contribution in [0, 0.1) is 20.8 Å². The summed E-state index contributed by atoms with van der Waals surface area (Å²) >= 11 is 0. The number of hydrogen-bond acceptors (Lipinski definition) is 3. The van der Waals surface area contributed by atoms with Crippen molar-refractivity contribution in [2.75, 3.05) is 7.05 Å². The number of likely N-dealkylation sites (N-methyl/N-ethyl adjacent to an activating group) is 1. The molecule has 6 nitrogen and oxygen atoms in total. The molecule has 0 fully saturated rings. The van der Waals surface area contributed by atoms with E-state index in [-0.39, 0.29) is 11.9 Å². The molecule has 0 saturated heterocycles. The maximum absolute atomic E-state index is 12.6. The van der Waals surface area contributed by atoms with Gasteiger partial charge in [0.15, 0.2) is 0 Å². The summed E-state index contributed by atoms with van der Waals surface area (Å²) in [7, 11) is 1.83. The highest BCUT2D eigenvalue weighted by Crippen LogP contribution is 2.17. The first-order chi connectivity index (χ1) is 10.3. The zero-order valence-electron chi connectivity index (χ0n) is 14.3. The molecule has 0 aliphatic carbocycles. The summed E-state index contributed by atoms with van der Waals surface area (Å²) in [6.07, 6.45) is 1.84. The van der Waals surface area contributed by atoms with Crippen LogP contribution in [0.1, 0.15) is 42.5 Å². The van der Waals surface area contributed by atoms with E-state index in [0.717, 1.165) is 29.2 Å². The third kappa shape index (κ3) is 3.05. The van der Waals surface area contributed by atoms with Crippen LogP contribution in [-0.2, 0) is 17.9 Å². The van der Waals surface area contributed by atoms with Gasteiger partial charge < -0.3 is 4.90 Å². The van der Waals surface area contributed by atoms with Crippen LogP contribution in [0.2, 0.25) is 0 Å². The molecule has 6 heteroatoms. The van der Waals surface area contributed by atoms with Crippen LogP contribution in [0.15, 0.2) is 12.3 Å². The maximum atomic E-state index is 12.6. The summed E-state index contributed by atoms with van der Waals surface area (Å²) in [5.41, 5.74) is 4.16. The summed E-state index contributed by atoms with van der Waals surface area (Å²) in [5, 5.41) is 8.83. The van der Waals surface area contributed by atoms with E-state index < -0.39 is 0 Å². The fourth-order valence-electron chi connectivity index (χ4n) is 2.67. The minimum absolute atomic E-state index is 0.0474. The van der Waals surface area contributed by atoms with Gasteiger partial charge in [-0.1, -0.05) is 0 Å². The number of carbonyl (C=O) groups is 1. The van der Waals surface area contributed by atoms with Crippen molar-refractivity contribution in [2.45, 2.75) is 53.8 Å². The minimum atomic E-state index is -0.305. The Labute approximate surface area is 131 Å². The SMILES string of the molecule is CCn1nc(C)c(CN(C)C(=O)C(C)n2ccc(C)n2)c1C. The Morgan fingerprint density at radius 3 is 2.50 bits per heavy atom. The minimum Gasteiger partial charge on any atom is -0.339 e. The lowest BCUT2D eigenvalue weighted by molar-refractivity contribution is -0.133. The number of carbonyl (C=O) groups excluding carboxylic acids is 1. The van der Waals surface area contributed by atoms with Gasteiger partial charge >= 0.3 is 0 Å². The number of aryl methyl sites for hydroxylation is 3. The third-order valence-electron chi connectivity index (χ3n) is 4.10. The molecule has 2 aromatic heterocycles. The van der Waals surface area contributed by atoms with Gasteiger partial charge in [0.05, 0.1) is 11.4 Å². The smallest absolute Gasteiger partial charge is 0.247 e. The largest absolute Gasteiger partial charge is 0.339 e. The molecule has 1 amide bonds. The van der Waals surface area contributed by atoms with Crippen molar-refractivity contribution in [3.05, 3.63) is 34.9 Å². The molecule has 0 bridgehead atoms. The fraction of sp³-hybridized carbons (Fsp3) is 0.562. The number of aromatic nitrogens is 4. The van der Waals surface area contributed by atoms with Crippen molar-refractivity contribution in [3.8, 4) is 0 Å². The van der Waals surface area contributed by atoms with Crippen LogP contribution in [0.25, 0.3) is 0 Å². The molecular weight excluding hydrogens is 278 g/mol. The van der Waals surface area contributed by atoms with E-state index in [1.807, 2.05) is 44.8 Å². The Morgan fingerprint density at radius 1 is 1.32 bits per heavy atom. The van der Waals surface area contributed by atoms with Crippen LogP contribution in [-0.4, -0.2) is 37.4 Å². The van der Waals surface area contributed by atoms with E-state index in [1.54, 1.807) is 9.58 Å². The lowest BCUT2D eigenvalue weighted by Gasteiger charge is -2.22. The molecule has 120 valence electrons. The lowest BCUT2D eigenvalue weighted by atomic mass is 10.1. The van der Waals surface area contributed by atoms with E-state index in [9.17, 15) is 4.79 Å².